The van der Waals surface area contributed by atoms with Crippen LogP contribution in [0.5, 0.6) is 0 Å². The van der Waals surface area contributed by atoms with E-state index in [1.807, 2.05) is 18.2 Å². The fraction of sp³-hybridized carbons (Fsp3) is 0.500. The van der Waals surface area contributed by atoms with Crippen molar-refractivity contribution in [2.75, 3.05) is 17.2 Å². The van der Waals surface area contributed by atoms with E-state index in [1.54, 1.807) is 0 Å². The van der Waals surface area contributed by atoms with E-state index < -0.39 is 0 Å². The maximum Gasteiger partial charge on any atom is 0.224 e. The lowest BCUT2D eigenvalue weighted by molar-refractivity contribution is -0.117. The Bertz CT molecular complexity index is 514. The van der Waals surface area contributed by atoms with Crippen molar-refractivity contribution in [3.8, 4) is 0 Å². The molecule has 1 aliphatic rings. The van der Waals surface area contributed by atoms with Crippen molar-refractivity contribution in [1.29, 1.82) is 0 Å². The summed E-state index contributed by atoms with van der Waals surface area (Å²) >= 11 is 0. The molecular formula is C16H23N3O2. The Morgan fingerprint density at radius 3 is 2.81 bits per heavy atom. The predicted molar refractivity (Wildman–Crippen MR) is 84.2 cm³/mol. The molecule has 0 radical (unpaired) electrons. The highest BCUT2D eigenvalue weighted by Crippen LogP contribution is 2.26. The topological polar surface area (TPSA) is 84.2 Å². The SMILES string of the molecule is NCCCCCCC(=O)Nc1ccc2c(c1)NC(=O)CC2. The maximum absolute atomic E-state index is 11.9. The van der Waals surface area contributed by atoms with Crippen LogP contribution in [0.1, 0.15) is 44.1 Å². The van der Waals surface area contributed by atoms with Gasteiger partial charge in [-0.05, 0) is 43.5 Å². The van der Waals surface area contributed by atoms with E-state index in [4.69, 9.17) is 5.73 Å². The number of nitrogens with two attached hydrogens (primary N) is 1. The number of nitrogens with one attached hydrogen (secondary N) is 2. The number of aryl methyl sites for hydroxylation is 1. The summed E-state index contributed by atoms with van der Waals surface area (Å²) in [5.74, 6) is 0.0516. The first-order valence-corrected chi connectivity index (χ1v) is 7.62. The number of fused-ring (bicyclic) bond motifs is 1. The van der Waals surface area contributed by atoms with Crippen molar-refractivity contribution >= 4 is 23.2 Å². The lowest BCUT2D eigenvalue weighted by Crippen LogP contribution is -2.19. The van der Waals surface area contributed by atoms with Gasteiger partial charge in [0.2, 0.25) is 11.8 Å². The first-order valence-electron chi connectivity index (χ1n) is 7.62. The van der Waals surface area contributed by atoms with Gasteiger partial charge in [0.15, 0.2) is 0 Å². The Morgan fingerprint density at radius 2 is 2.00 bits per heavy atom. The van der Waals surface area contributed by atoms with Crippen LogP contribution >= 0.6 is 0 Å². The number of benzene rings is 1. The molecular weight excluding hydrogens is 266 g/mol. The van der Waals surface area contributed by atoms with Gasteiger partial charge in [-0.2, -0.15) is 0 Å². The molecule has 0 spiro atoms. The van der Waals surface area contributed by atoms with Crippen molar-refractivity contribution in [2.24, 2.45) is 5.73 Å². The standard InChI is InChI=1S/C16H23N3O2/c17-10-4-2-1-3-5-15(20)18-13-8-6-12-7-9-16(21)19-14(12)11-13/h6,8,11H,1-5,7,9-10,17H2,(H,18,20)(H,19,21). The Labute approximate surface area is 125 Å². The number of carbonyl (C=O) groups excluding carboxylic acids is 2. The molecule has 114 valence electrons. The summed E-state index contributed by atoms with van der Waals surface area (Å²) < 4.78 is 0. The molecule has 2 amide bonds. The molecule has 0 aliphatic carbocycles. The molecule has 0 saturated carbocycles. The molecule has 0 bridgehead atoms. The summed E-state index contributed by atoms with van der Waals surface area (Å²) in [6.45, 7) is 0.715. The van der Waals surface area contributed by atoms with Crippen LogP contribution in [0.25, 0.3) is 0 Å². The van der Waals surface area contributed by atoms with Crippen molar-refractivity contribution < 1.29 is 9.59 Å². The Balaban J connectivity index is 1.81. The highest BCUT2D eigenvalue weighted by Gasteiger charge is 2.15. The van der Waals surface area contributed by atoms with E-state index in [0.717, 1.165) is 49.0 Å². The average Bonchev–Trinajstić information content (AvgIpc) is 2.46. The van der Waals surface area contributed by atoms with Gasteiger partial charge in [0.1, 0.15) is 0 Å². The maximum atomic E-state index is 11.9. The summed E-state index contributed by atoms with van der Waals surface area (Å²) in [7, 11) is 0. The van der Waals surface area contributed by atoms with E-state index in [0.29, 0.717) is 19.4 Å². The number of anilines is 2. The largest absolute Gasteiger partial charge is 0.330 e. The van der Waals surface area contributed by atoms with Crippen LogP contribution < -0.4 is 16.4 Å². The third kappa shape index (κ3) is 4.86. The molecule has 1 aromatic carbocycles. The fourth-order valence-electron chi connectivity index (χ4n) is 2.46. The Kier molecular flexibility index (Phi) is 5.75. The minimum Gasteiger partial charge on any atom is -0.330 e. The lowest BCUT2D eigenvalue weighted by atomic mass is 10.0. The Morgan fingerprint density at radius 1 is 1.19 bits per heavy atom. The van der Waals surface area contributed by atoms with Gasteiger partial charge in [0.25, 0.3) is 0 Å². The molecule has 0 atom stereocenters. The molecule has 0 saturated heterocycles. The minimum atomic E-state index is 0.0184. The third-order valence-corrected chi connectivity index (χ3v) is 3.65. The van der Waals surface area contributed by atoms with Gasteiger partial charge in [0.05, 0.1) is 0 Å². The van der Waals surface area contributed by atoms with Gasteiger partial charge in [-0.3, -0.25) is 9.59 Å². The van der Waals surface area contributed by atoms with Crippen LogP contribution in [0.2, 0.25) is 0 Å². The number of hydrogen-bond donors (Lipinski definition) is 3. The highest BCUT2D eigenvalue weighted by molar-refractivity contribution is 5.96. The van der Waals surface area contributed by atoms with Crippen LogP contribution in [-0.4, -0.2) is 18.4 Å². The zero-order valence-corrected chi connectivity index (χ0v) is 12.3. The van der Waals surface area contributed by atoms with Gasteiger partial charge in [-0.1, -0.05) is 18.9 Å². The van der Waals surface area contributed by atoms with Gasteiger partial charge in [-0.25, -0.2) is 0 Å². The Hall–Kier alpha value is -1.88. The fourth-order valence-corrected chi connectivity index (χ4v) is 2.46. The molecule has 5 nitrogen and oxygen atoms in total. The normalized spacial score (nSPS) is 13.5. The molecule has 1 aromatic rings. The van der Waals surface area contributed by atoms with Gasteiger partial charge in [-0.15, -0.1) is 0 Å². The molecule has 5 heteroatoms. The molecule has 0 fully saturated rings. The zero-order valence-electron chi connectivity index (χ0n) is 12.3. The van der Waals surface area contributed by atoms with Crippen LogP contribution in [0.3, 0.4) is 0 Å². The van der Waals surface area contributed by atoms with Crippen LogP contribution in [-0.2, 0) is 16.0 Å². The number of unbranched alkanes of at least 4 members (excludes halogenated alkanes) is 3. The van der Waals surface area contributed by atoms with Crippen molar-refractivity contribution in [3.63, 3.8) is 0 Å². The van der Waals surface area contributed by atoms with Crippen molar-refractivity contribution in [1.82, 2.24) is 0 Å². The van der Waals surface area contributed by atoms with E-state index >= 15 is 0 Å². The van der Waals surface area contributed by atoms with Crippen LogP contribution in [0, 0.1) is 0 Å². The van der Waals surface area contributed by atoms with E-state index in [-0.39, 0.29) is 11.8 Å². The van der Waals surface area contributed by atoms with Crippen molar-refractivity contribution in [3.05, 3.63) is 23.8 Å². The predicted octanol–water partition coefficient (Wildman–Crippen LogP) is 2.42. The number of hydrogen-bond acceptors (Lipinski definition) is 3. The van der Waals surface area contributed by atoms with Gasteiger partial charge >= 0.3 is 0 Å². The average molecular weight is 289 g/mol. The number of rotatable bonds is 7. The quantitative estimate of drug-likeness (QED) is 0.674. The van der Waals surface area contributed by atoms with E-state index in [2.05, 4.69) is 10.6 Å². The lowest BCUT2D eigenvalue weighted by Gasteiger charge is -2.17. The zero-order chi connectivity index (χ0) is 15.1. The molecule has 4 N–H and O–H groups in total. The molecule has 2 rings (SSSR count). The highest BCUT2D eigenvalue weighted by atomic mass is 16.2. The summed E-state index contributed by atoms with van der Waals surface area (Å²) in [6.07, 6.45) is 5.82. The first-order chi connectivity index (χ1) is 10.2. The summed E-state index contributed by atoms with van der Waals surface area (Å²) in [6, 6.07) is 5.69. The van der Waals surface area contributed by atoms with Crippen molar-refractivity contribution in [2.45, 2.75) is 44.9 Å². The van der Waals surface area contributed by atoms with Gasteiger partial charge in [0, 0.05) is 24.2 Å². The third-order valence-electron chi connectivity index (χ3n) is 3.65. The molecule has 1 heterocycles. The molecule has 0 aromatic heterocycles. The van der Waals surface area contributed by atoms with E-state index in [9.17, 15) is 9.59 Å². The number of carbonyl (C=O) groups is 2. The van der Waals surface area contributed by atoms with Crippen LogP contribution in [0.15, 0.2) is 18.2 Å². The minimum absolute atomic E-state index is 0.0184. The summed E-state index contributed by atoms with van der Waals surface area (Å²) in [5, 5.41) is 5.72. The summed E-state index contributed by atoms with van der Waals surface area (Å²) in [4.78, 5) is 23.2. The smallest absolute Gasteiger partial charge is 0.224 e. The van der Waals surface area contributed by atoms with E-state index in [1.165, 1.54) is 0 Å². The number of amides is 2. The monoisotopic (exact) mass is 289 g/mol. The molecule has 1 aliphatic heterocycles. The van der Waals surface area contributed by atoms with Gasteiger partial charge < -0.3 is 16.4 Å². The summed E-state index contributed by atoms with van der Waals surface area (Å²) in [5.41, 5.74) is 8.10. The first kappa shape index (κ1) is 15.5. The second kappa shape index (κ2) is 7.78. The van der Waals surface area contributed by atoms with Crippen LogP contribution in [0.4, 0.5) is 11.4 Å². The second-order valence-corrected chi connectivity index (χ2v) is 5.42. The molecule has 21 heavy (non-hydrogen) atoms. The molecule has 0 unspecified atom stereocenters. The second-order valence-electron chi connectivity index (χ2n) is 5.42.